The van der Waals surface area contributed by atoms with Crippen LogP contribution in [-0.2, 0) is 0 Å². The van der Waals surface area contributed by atoms with E-state index in [1.807, 2.05) is 36.4 Å². The molecule has 12 aromatic rings. The highest BCUT2D eigenvalue weighted by Crippen LogP contribution is 2.42. The van der Waals surface area contributed by atoms with Crippen LogP contribution in [-0.4, -0.2) is 16.2 Å². The molecule has 0 radical (unpaired) electrons. The molecule has 0 fully saturated rings. The van der Waals surface area contributed by atoms with E-state index in [0.29, 0.717) is 11.7 Å². The van der Waals surface area contributed by atoms with Gasteiger partial charge >= 0.3 is 0 Å². The summed E-state index contributed by atoms with van der Waals surface area (Å²) in [6, 6.07) is 67.7. The van der Waals surface area contributed by atoms with Crippen molar-refractivity contribution in [2.45, 2.75) is 6.17 Å². The lowest BCUT2D eigenvalue weighted by Gasteiger charge is -2.32. The molecule has 1 aliphatic heterocycles. The zero-order valence-electron chi connectivity index (χ0n) is 32.7. The molecule has 286 valence electrons. The molecule has 0 N–H and O–H groups in total. The average Bonchev–Trinajstić information content (AvgIpc) is 4.00. The molecule has 0 saturated heterocycles. The van der Waals surface area contributed by atoms with Gasteiger partial charge in [-0.3, -0.25) is 4.99 Å². The quantitative estimate of drug-likeness (QED) is 0.174. The van der Waals surface area contributed by atoms with Gasteiger partial charge in [0.05, 0.1) is 28.7 Å². The van der Waals surface area contributed by atoms with Gasteiger partial charge in [-0.25, -0.2) is 0 Å². The number of amidine groups is 2. The summed E-state index contributed by atoms with van der Waals surface area (Å²) < 4.78 is 15.5. The second-order valence-electron chi connectivity index (χ2n) is 15.7. The number of aromatic nitrogens is 1. The zero-order chi connectivity index (χ0) is 40.0. The highest BCUT2D eigenvalue weighted by molar-refractivity contribution is 6.21. The Hall–Kier alpha value is -8.22. The largest absolute Gasteiger partial charge is 0.456 e. The first kappa shape index (κ1) is 33.7. The number of furan rings is 2. The van der Waals surface area contributed by atoms with E-state index in [9.17, 15) is 0 Å². The lowest BCUT2D eigenvalue weighted by atomic mass is 10.0. The Balaban J connectivity index is 1.05. The Labute approximate surface area is 349 Å². The van der Waals surface area contributed by atoms with Gasteiger partial charge in [0.1, 0.15) is 16.7 Å². The van der Waals surface area contributed by atoms with Crippen molar-refractivity contribution in [1.29, 1.82) is 0 Å². The number of para-hydroxylation sites is 3. The van der Waals surface area contributed by atoms with Crippen LogP contribution in [0.25, 0.3) is 98.6 Å². The Bertz CT molecular complexity index is 3790. The lowest BCUT2D eigenvalue weighted by Crippen LogP contribution is -2.16. The summed E-state index contributed by atoms with van der Waals surface area (Å²) in [6.07, 6.45) is -0.575. The summed E-state index contributed by atoms with van der Waals surface area (Å²) in [7, 11) is 0. The summed E-state index contributed by atoms with van der Waals surface area (Å²) >= 11 is 0. The van der Waals surface area contributed by atoms with Crippen LogP contribution in [0.3, 0.4) is 0 Å². The van der Waals surface area contributed by atoms with Crippen LogP contribution in [0.2, 0.25) is 0 Å². The zero-order valence-corrected chi connectivity index (χ0v) is 32.7. The molecule has 0 aliphatic carbocycles. The summed E-state index contributed by atoms with van der Waals surface area (Å²) in [4.78, 5) is 10.7. The number of hydrogen-bond acceptors (Lipinski definition) is 4. The van der Waals surface area contributed by atoms with Crippen molar-refractivity contribution in [3.05, 3.63) is 216 Å². The molecule has 3 aromatic heterocycles. The second-order valence-corrected chi connectivity index (χ2v) is 15.7. The van der Waals surface area contributed by atoms with Gasteiger partial charge in [-0.2, -0.15) is 0 Å². The summed E-state index contributed by atoms with van der Waals surface area (Å²) in [6.45, 7) is 0. The van der Waals surface area contributed by atoms with Crippen LogP contribution in [0.5, 0.6) is 0 Å². The number of aliphatic imine (C=N–C) groups is 2. The fourth-order valence-electron chi connectivity index (χ4n) is 9.21. The van der Waals surface area contributed by atoms with Gasteiger partial charge in [0.15, 0.2) is 5.58 Å². The van der Waals surface area contributed by atoms with Gasteiger partial charge < -0.3 is 23.7 Å². The molecule has 13 rings (SSSR count). The first-order chi connectivity index (χ1) is 30.2. The fraction of sp³-hybridized carbons (Fsp3) is 0.0182. The average molecular weight is 782 g/mol. The van der Waals surface area contributed by atoms with Crippen molar-refractivity contribution in [1.82, 2.24) is 4.57 Å². The van der Waals surface area contributed by atoms with Gasteiger partial charge in [0, 0.05) is 32.3 Å². The maximum atomic E-state index is 6.80. The van der Waals surface area contributed by atoms with E-state index in [1.165, 1.54) is 21.5 Å². The number of benzene rings is 9. The van der Waals surface area contributed by atoms with E-state index < -0.39 is 6.17 Å². The predicted molar refractivity (Wildman–Crippen MR) is 250 cm³/mol. The van der Waals surface area contributed by atoms with Crippen molar-refractivity contribution >= 4 is 88.1 Å². The normalized spacial score (nSPS) is 14.4. The molecule has 1 unspecified atom stereocenters. The van der Waals surface area contributed by atoms with E-state index in [0.717, 1.165) is 88.4 Å². The Morgan fingerprint density at radius 1 is 0.426 bits per heavy atom. The Morgan fingerprint density at radius 3 is 1.89 bits per heavy atom. The molecule has 6 nitrogen and oxygen atoms in total. The third-order valence-electron chi connectivity index (χ3n) is 12.1. The highest BCUT2D eigenvalue weighted by Gasteiger charge is 2.22. The summed E-state index contributed by atoms with van der Waals surface area (Å²) in [5, 5.41) is 14.1. The SMILES string of the molecule is c1ccc(-c2ccc(C3=NC(c4cc(-n5c6ccccc6c6cc7ccccc7cc65)c5oc6ccccc6c5c4)=NC(c4ccc5c(c4)oc4ccccc45)[N-]3)cc2)cc1. The van der Waals surface area contributed by atoms with Crippen LogP contribution in [0.1, 0.15) is 22.9 Å². The number of hydrogen-bond donors (Lipinski definition) is 0. The molecule has 0 saturated carbocycles. The van der Waals surface area contributed by atoms with Crippen LogP contribution in [0.15, 0.2) is 213 Å². The minimum atomic E-state index is -0.575. The molecule has 1 aliphatic rings. The van der Waals surface area contributed by atoms with E-state index in [1.54, 1.807) is 0 Å². The Kier molecular flexibility index (Phi) is 7.27. The third-order valence-corrected chi connectivity index (χ3v) is 12.1. The van der Waals surface area contributed by atoms with Gasteiger partial charge in [-0.15, -0.1) is 0 Å². The molecular weight excluding hydrogens is 749 g/mol. The molecule has 0 amide bonds. The van der Waals surface area contributed by atoms with Gasteiger partial charge in [-0.1, -0.05) is 151 Å². The van der Waals surface area contributed by atoms with Crippen molar-refractivity contribution in [3.8, 4) is 16.8 Å². The van der Waals surface area contributed by atoms with E-state index in [4.69, 9.17) is 24.1 Å². The fourth-order valence-corrected chi connectivity index (χ4v) is 9.21. The first-order valence-corrected chi connectivity index (χ1v) is 20.5. The Morgan fingerprint density at radius 2 is 1.07 bits per heavy atom. The van der Waals surface area contributed by atoms with Crippen molar-refractivity contribution in [2.75, 3.05) is 0 Å². The van der Waals surface area contributed by atoms with Crippen LogP contribution < -0.4 is 0 Å². The third kappa shape index (κ3) is 5.36. The predicted octanol–water partition coefficient (Wildman–Crippen LogP) is 14.7. The van der Waals surface area contributed by atoms with Crippen molar-refractivity contribution in [3.63, 3.8) is 0 Å². The number of nitrogens with zero attached hydrogens (tertiary/aromatic N) is 4. The minimum absolute atomic E-state index is 0.575. The monoisotopic (exact) mass is 781 g/mol. The van der Waals surface area contributed by atoms with Gasteiger partial charge in [0.2, 0.25) is 0 Å². The molecule has 0 spiro atoms. The first-order valence-electron chi connectivity index (χ1n) is 20.5. The van der Waals surface area contributed by atoms with Crippen LogP contribution in [0.4, 0.5) is 0 Å². The molecule has 61 heavy (non-hydrogen) atoms. The maximum absolute atomic E-state index is 6.80. The summed E-state index contributed by atoms with van der Waals surface area (Å²) in [5.41, 5.74) is 11.4. The van der Waals surface area contributed by atoms with Crippen molar-refractivity contribution in [2.24, 2.45) is 9.98 Å². The number of rotatable bonds is 5. The topological polar surface area (TPSA) is 70.0 Å². The number of fused-ring (bicyclic) bond motifs is 10. The maximum Gasteiger partial charge on any atom is 0.159 e. The molecule has 9 aromatic carbocycles. The van der Waals surface area contributed by atoms with Crippen LogP contribution >= 0.6 is 0 Å². The smallest absolute Gasteiger partial charge is 0.159 e. The molecule has 6 heteroatoms. The van der Waals surface area contributed by atoms with E-state index in [2.05, 4.69) is 162 Å². The minimum Gasteiger partial charge on any atom is -0.456 e. The second kappa shape index (κ2) is 13.1. The van der Waals surface area contributed by atoms with Crippen molar-refractivity contribution < 1.29 is 8.83 Å². The molecule has 4 heterocycles. The molecule has 0 bridgehead atoms. The van der Waals surface area contributed by atoms with Gasteiger partial charge in [0.25, 0.3) is 0 Å². The standard InChI is InChI=1S/C55H33N4O2/c1-2-12-33(13-3-1)34-22-24-35(25-23-34)53-56-54(38-26-27-43-41-17-7-10-20-49(41)60-51(43)32-38)58-55(57-53)39-29-45-42-18-8-11-21-50(42)61-52(45)48(31-39)59-46-19-9-6-16-40(46)44-28-36-14-4-5-15-37(36)30-47(44)59/h1-32,54H/q-1. The van der Waals surface area contributed by atoms with E-state index in [-0.39, 0.29) is 0 Å². The van der Waals surface area contributed by atoms with Gasteiger partial charge in [-0.05, 0) is 87.1 Å². The van der Waals surface area contributed by atoms with E-state index >= 15 is 0 Å². The molecular formula is C55H33N4O2-. The summed E-state index contributed by atoms with van der Waals surface area (Å²) in [5.74, 6) is 1.20. The van der Waals surface area contributed by atoms with Crippen LogP contribution in [0, 0.1) is 0 Å². The lowest BCUT2D eigenvalue weighted by molar-refractivity contribution is 0.666. The highest BCUT2D eigenvalue weighted by atomic mass is 16.3. The molecule has 1 atom stereocenters.